The summed E-state index contributed by atoms with van der Waals surface area (Å²) in [6.07, 6.45) is 0. The lowest BCUT2D eigenvalue weighted by Crippen LogP contribution is -2.49. The minimum Gasteiger partial charge on any atom is -0.410 e. The van der Waals surface area contributed by atoms with E-state index in [4.69, 9.17) is 5.21 Å². The number of β-lactam (4-membered cyclic amide) rings is 1. The topological polar surface area (TPSA) is 61.7 Å². The van der Waals surface area contributed by atoms with Gasteiger partial charge in [-0.05, 0) is 0 Å². The van der Waals surface area contributed by atoms with Gasteiger partial charge in [-0.15, -0.1) is 0 Å². The van der Waals surface area contributed by atoms with Crippen molar-refractivity contribution in [2.24, 2.45) is 5.16 Å². The van der Waals surface area contributed by atoms with Gasteiger partial charge in [0.15, 0.2) is 5.71 Å². The molecular formula is C3H4N2O2. The second-order valence-corrected chi connectivity index (χ2v) is 1.23. The van der Waals surface area contributed by atoms with Crippen LogP contribution in [0.4, 0.5) is 0 Å². The van der Waals surface area contributed by atoms with Crippen LogP contribution in [0.15, 0.2) is 5.16 Å². The molecule has 1 heterocycles. The van der Waals surface area contributed by atoms with Crippen LogP contribution in [0.5, 0.6) is 0 Å². The Labute approximate surface area is 39.8 Å². The average molecular weight is 100 g/mol. The van der Waals surface area contributed by atoms with E-state index in [0.29, 0.717) is 6.54 Å². The van der Waals surface area contributed by atoms with E-state index in [1.54, 1.807) is 0 Å². The van der Waals surface area contributed by atoms with Crippen molar-refractivity contribution in [2.45, 2.75) is 0 Å². The van der Waals surface area contributed by atoms with Crippen LogP contribution >= 0.6 is 0 Å². The largest absolute Gasteiger partial charge is 0.410 e. The van der Waals surface area contributed by atoms with Crippen molar-refractivity contribution in [3.8, 4) is 0 Å². The highest BCUT2D eigenvalue weighted by molar-refractivity contribution is 6.45. The van der Waals surface area contributed by atoms with E-state index < -0.39 is 0 Å². The first kappa shape index (κ1) is 4.11. The van der Waals surface area contributed by atoms with Crippen molar-refractivity contribution in [2.75, 3.05) is 6.54 Å². The fourth-order valence-corrected chi connectivity index (χ4v) is 0.320. The Morgan fingerprint density at radius 3 is 2.57 bits per heavy atom. The maximum absolute atomic E-state index is 10.1. The van der Waals surface area contributed by atoms with E-state index in [0.717, 1.165) is 0 Å². The van der Waals surface area contributed by atoms with Crippen LogP contribution in [0.2, 0.25) is 0 Å². The van der Waals surface area contributed by atoms with Crippen molar-refractivity contribution in [3.05, 3.63) is 0 Å². The quantitative estimate of drug-likeness (QED) is 0.232. The smallest absolute Gasteiger partial charge is 0.271 e. The Hall–Kier alpha value is -1.06. The molecule has 0 aromatic rings. The molecule has 0 radical (unpaired) electrons. The summed E-state index contributed by atoms with van der Waals surface area (Å²) in [5, 5.41) is 12.9. The molecule has 0 saturated carbocycles. The van der Waals surface area contributed by atoms with Gasteiger partial charge in [0.25, 0.3) is 5.91 Å². The first-order chi connectivity index (χ1) is 3.34. The first-order valence-corrected chi connectivity index (χ1v) is 1.83. The normalized spacial score (nSPS) is 24.0. The predicted octanol–water partition coefficient (Wildman–Crippen LogP) is -1.05. The minimum absolute atomic E-state index is 0.208. The highest BCUT2D eigenvalue weighted by Crippen LogP contribution is 1.85. The summed E-state index contributed by atoms with van der Waals surface area (Å²) in [4.78, 5) is 10.1. The molecule has 0 unspecified atom stereocenters. The molecule has 1 aliphatic heterocycles. The van der Waals surface area contributed by atoms with Crippen molar-refractivity contribution in [3.63, 3.8) is 0 Å². The van der Waals surface area contributed by atoms with Gasteiger partial charge < -0.3 is 10.5 Å². The van der Waals surface area contributed by atoms with Gasteiger partial charge in [0.05, 0.1) is 6.54 Å². The van der Waals surface area contributed by atoms with Crippen LogP contribution < -0.4 is 5.32 Å². The Balaban J connectivity index is 2.61. The molecular weight excluding hydrogens is 96.0 g/mol. The maximum atomic E-state index is 10.1. The Morgan fingerprint density at radius 1 is 1.86 bits per heavy atom. The summed E-state index contributed by atoms with van der Waals surface area (Å²) < 4.78 is 0. The van der Waals surface area contributed by atoms with Crippen molar-refractivity contribution in [1.82, 2.24) is 5.32 Å². The second-order valence-electron chi connectivity index (χ2n) is 1.23. The zero-order valence-electron chi connectivity index (χ0n) is 3.51. The zero-order chi connectivity index (χ0) is 5.28. The van der Waals surface area contributed by atoms with E-state index >= 15 is 0 Å². The third-order valence-corrected chi connectivity index (χ3v) is 0.799. The number of rotatable bonds is 0. The number of nitrogens with one attached hydrogen (secondary N) is 1. The summed E-state index contributed by atoms with van der Waals surface area (Å²) in [7, 11) is 0. The van der Waals surface area contributed by atoms with Crippen LogP contribution in [-0.4, -0.2) is 23.4 Å². The third kappa shape index (κ3) is 0.432. The number of hydrogen-bond acceptors (Lipinski definition) is 3. The number of oxime groups is 1. The molecule has 4 nitrogen and oxygen atoms in total. The Bertz CT molecular complexity index is 129. The van der Waals surface area contributed by atoms with Gasteiger partial charge in [0.1, 0.15) is 0 Å². The van der Waals surface area contributed by atoms with Crippen molar-refractivity contribution in [1.29, 1.82) is 0 Å². The molecule has 0 atom stereocenters. The second kappa shape index (κ2) is 1.22. The van der Waals surface area contributed by atoms with Crippen molar-refractivity contribution >= 4 is 11.6 Å². The summed E-state index contributed by atoms with van der Waals surface area (Å²) in [6.45, 7) is 0.398. The highest BCUT2D eigenvalue weighted by atomic mass is 16.4. The third-order valence-electron chi connectivity index (χ3n) is 0.799. The molecule has 0 aromatic heterocycles. The van der Waals surface area contributed by atoms with Crippen LogP contribution in [0.3, 0.4) is 0 Å². The molecule has 0 aromatic carbocycles. The highest BCUT2D eigenvalue weighted by Gasteiger charge is 2.20. The molecule has 7 heavy (non-hydrogen) atoms. The molecule has 0 spiro atoms. The number of amides is 1. The lowest BCUT2D eigenvalue weighted by atomic mass is 10.2. The van der Waals surface area contributed by atoms with E-state index in [-0.39, 0.29) is 11.6 Å². The molecule has 0 bridgehead atoms. The summed E-state index contributed by atoms with van der Waals surface area (Å²) >= 11 is 0. The van der Waals surface area contributed by atoms with Crippen molar-refractivity contribution < 1.29 is 10.0 Å². The van der Waals surface area contributed by atoms with Gasteiger partial charge in [0.2, 0.25) is 0 Å². The van der Waals surface area contributed by atoms with Gasteiger partial charge in [0, 0.05) is 0 Å². The summed E-state index contributed by atoms with van der Waals surface area (Å²) in [5.41, 5.74) is 0.208. The molecule has 1 fully saturated rings. The molecule has 1 saturated heterocycles. The van der Waals surface area contributed by atoms with Gasteiger partial charge in [-0.3, -0.25) is 4.79 Å². The van der Waals surface area contributed by atoms with Gasteiger partial charge in [-0.1, -0.05) is 5.16 Å². The van der Waals surface area contributed by atoms with Gasteiger partial charge in [-0.25, -0.2) is 0 Å². The van der Waals surface area contributed by atoms with Gasteiger partial charge >= 0.3 is 0 Å². The Kier molecular flexibility index (Phi) is 0.714. The van der Waals surface area contributed by atoms with Crippen LogP contribution in [0.25, 0.3) is 0 Å². The predicted molar refractivity (Wildman–Crippen MR) is 22.2 cm³/mol. The Morgan fingerprint density at radius 2 is 2.57 bits per heavy atom. The number of hydrogen-bond donors (Lipinski definition) is 2. The molecule has 38 valence electrons. The van der Waals surface area contributed by atoms with Crippen LogP contribution in [0, 0.1) is 0 Å². The van der Waals surface area contributed by atoms with Crippen LogP contribution in [-0.2, 0) is 4.79 Å². The lowest BCUT2D eigenvalue weighted by Gasteiger charge is -2.12. The monoisotopic (exact) mass is 100 g/mol. The fourth-order valence-electron chi connectivity index (χ4n) is 0.320. The van der Waals surface area contributed by atoms with E-state index in [2.05, 4.69) is 10.5 Å². The first-order valence-electron chi connectivity index (χ1n) is 1.83. The fraction of sp³-hybridized carbons (Fsp3) is 0.333. The van der Waals surface area contributed by atoms with E-state index in [1.165, 1.54) is 0 Å². The van der Waals surface area contributed by atoms with Gasteiger partial charge in [-0.2, -0.15) is 0 Å². The zero-order valence-corrected chi connectivity index (χ0v) is 3.51. The number of nitrogens with zero attached hydrogens (tertiary/aromatic N) is 1. The molecule has 0 aliphatic carbocycles. The summed E-state index contributed by atoms with van der Waals surface area (Å²) in [5.74, 6) is -0.275. The molecule has 4 heteroatoms. The minimum atomic E-state index is -0.275. The molecule has 1 amide bonds. The van der Waals surface area contributed by atoms with E-state index in [1.807, 2.05) is 0 Å². The number of carbonyl (C=O) groups excluding carboxylic acids is 1. The van der Waals surface area contributed by atoms with Crippen LogP contribution in [0.1, 0.15) is 0 Å². The maximum Gasteiger partial charge on any atom is 0.271 e. The summed E-state index contributed by atoms with van der Waals surface area (Å²) in [6, 6.07) is 0. The molecule has 1 aliphatic rings. The average Bonchev–Trinajstić information content (AvgIpc) is 1.65. The molecule has 1 rings (SSSR count). The van der Waals surface area contributed by atoms with E-state index in [9.17, 15) is 4.79 Å². The SMILES string of the molecule is O=C1NC/C1=N\O. The standard InChI is InChI=1S/C3H4N2O2/c6-3-2(5-7)1-4-3/h7H,1H2,(H,4,6)/b5-2+. The molecule has 2 N–H and O–H groups in total. The number of carbonyl (C=O) groups is 1. The lowest BCUT2D eigenvalue weighted by molar-refractivity contribution is -0.116.